The molecule has 0 aromatic rings. The highest BCUT2D eigenvalue weighted by Gasteiger charge is 2.20. The van der Waals surface area contributed by atoms with Gasteiger partial charge in [0.05, 0.1) is 13.2 Å². The van der Waals surface area contributed by atoms with E-state index in [2.05, 4.69) is 4.99 Å². The number of nitrogens with two attached hydrogens (primary N) is 1. The van der Waals surface area contributed by atoms with E-state index < -0.39 is 0 Å². The zero-order valence-corrected chi connectivity index (χ0v) is 5.13. The lowest BCUT2D eigenvalue weighted by molar-refractivity contribution is -0.776. The Morgan fingerprint density at radius 3 is 2.50 bits per heavy atom. The molecular formula is C5H10N3+. The molecule has 0 aromatic carbocycles. The van der Waals surface area contributed by atoms with Crippen LogP contribution in [0.1, 0.15) is 6.92 Å². The maximum absolute atomic E-state index is 5.64. The van der Waals surface area contributed by atoms with Crippen LogP contribution in [0.2, 0.25) is 0 Å². The summed E-state index contributed by atoms with van der Waals surface area (Å²) in [5, 5.41) is 0. The van der Waals surface area contributed by atoms with Crippen molar-refractivity contribution in [3.8, 4) is 0 Å². The van der Waals surface area contributed by atoms with Crippen LogP contribution in [0.4, 0.5) is 0 Å². The Morgan fingerprint density at radius 1 is 1.75 bits per heavy atom. The van der Waals surface area contributed by atoms with Gasteiger partial charge in [0.2, 0.25) is 5.84 Å². The molecule has 44 valence electrons. The predicted octanol–water partition coefficient (Wildman–Crippen LogP) is 0.210. The van der Waals surface area contributed by atoms with E-state index in [-0.39, 0.29) is 0 Å². The minimum absolute atomic E-state index is 0.306. The molecule has 0 spiro atoms. The van der Waals surface area contributed by atoms with Crippen LogP contribution < -0.4 is 5.84 Å². The number of rotatable bonds is 0. The van der Waals surface area contributed by atoms with E-state index in [1.54, 1.807) is 6.20 Å². The minimum atomic E-state index is 0.306. The second-order valence-electron chi connectivity index (χ2n) is 2.12. The highest BCUT2D eigenvalue weighted by Crippen LogP contribution is 2.04. The van der Waals surface area contributed by atoms with Crippen molar-refractivity contribution in [3.63, 3.8) is 0 Å². The van der Waals surface area contributed by atoms with Gasteiger partial charge >= 0.3 is 0 Å². The molecule has 0 saturated heterocycles. The van der Waals surface area contributed by atoms with Crippen molar-refractivity contribution in [2.45, 2.75) is 6.92 Å². The molecule has 8 heavy (non-hydrogen) atoms. The molecule has 0 fully saturated rings. The topological polar surface area (TPSA) is 38.4 Å². The van der Waals surface area contributed by atoms with Crippen LogP contribution in [0.3, 0.4) is 0 Å². The van der Waals surface area contributed by atoms with Gasteiger partial charge in [-0.25, -0.2) is 4.99 Å². The molecule has 3 heteroatoms. The molecule has 1 heterocycles. The third-order valence-corrected chi connectivity index (χ3v) is 1.33. The molecule has 0 saturated carbocycles. The van der Waals surface area contributed by atoms with E-state index in [9.17, 15) is 0 Å². The Labute approximate surface area is 48.7 Å². The lowest BCUT2D eigenvalue weighted by atomic mass is 10.6. The van der Waals surface area contributed by atoms with Crippen molar-refractivity contribution in [1.82, 2.24) is 0 Å². The van der Waals surface area contributed by atoms with Gasteiger partial charge < -0.3 is 0 Å². The monoisotopic (exact) mass is 112 g/mol. The van der Waals surface area contributed by atoms with Crippen LogP contribution in [0.5, 0.6) is 0 Å². The molecule has 1 aliphatic heterocycles. The summed E-state index contributed by atoms with van der Waals surface area (Å²) >= 11 is 0. The molecule has 1 atom stereocenters. The zero-order chi connectivity index (χ0) is 6.20. The Morgan fingerprint density at radius 2 is 2.38 bits per heavy atom. The van der Waals surface area contributed by atoms with E-state index in [4.69, 9.17) is 5.84 Å². The fourth-order valence-corrected chi connectivity index (χ4v) is 0.512. The number of quaternary nitrogens is 1. The quantitative estimate of drug-likeness (QED) is 0.353. The number of nitrogens with zero attached hydrogens (tertiary/aromatic N) is 2. The average molecular weight is 112 g/mol. The molecular weight excluding hydrogens is 102 g/mol. The molecule has 0 radical (unpaired) electrons. The molecule has 1 unspecified atom stereocenters. The van der Waals surface area contributed by atoms with Gasteiger partial charge in [-0.05, 0) is 0 Å². The molecule has 0 aliphatic carbocycles. The third kappa shape index (κ3) is 0.657. The van der Waals surface area contributed by atoms with Crippen molar-refractivity contribution >= 4 is 5.84 Å². The summed E-state index contributed by atoms with van der Waals surface area (Å²) in [7, 11) is 1.88. The molecule has 0 amide bonds. The molecule has 1 rings (SSSR count). The van der Waals surface area contributed by atoms with Gasteiger partial charge in [0.1, 0.15) is 6.20 Å². The molecule has 0 aromatic heterocycles. The number of hydrogen-bond donors (Lipinski definition) is 1. The summed E-state index contributed by atoms with van der Waals surface area (Å²) in [4.78, 5) is 3.97. The largest absolute Gasteiger partial charge is 0.223 e. The fourth-order valence-electron chi connectivity index (χ4n) is 0.512. The van der Waals surface area contributed by atoms with Crippen LogP contribution in [-0.4, -0.2) is 17.5 Å². The first kappa shape index (κ1) is 5.47. The number of aliphatic imine (C=N–C) groups is 1. The van der Waals surface area contributed by atoms with E-state index in [0.29, 0.717) is 4.59 Å². The van der Waals surface area contributed by atoms with Crippen molar-refractivity contribution < 1.29 is 4.59 Å². The maximum Gasteiger partial charge on any atom is 0.223 e. The van der Waals surface area contributed by atoms with Crippen molar-refractivity contribution in [1.29, 1.82) is 0 Å². The van der Waals surface area contributed by atoms with Gasteiger partial charge in [0, 0.05) is 6.92 Å². The second-order valence-corrected chi connectivity index (χ2v) is 2.12. The summed E-state index contributed by atoms with van der Waals surface area (Å²) in [6.07, 6.45) is 3.55. The molecule has 1 aliphatic rings. The van der Waals surface area contributed by atoms with Crippen molar-refractivity contribution in [2.75, 3.05) is 7.05 Å². The van der Waals surface area contributed by atoms with E-state index >= 15 is 0 Å². The van der Waals surface area contributed by atoms with Crippen molar-refractivity contribution in [3.05, 3.63) is 12.4 Å². The lowest BCUT2D eigenvalue weighted by Gasteiger charge is -2.16. The zero-order valence-electron chi connectivity index (χ0n) is 5.13. The molecule has 3 nitrogen and oxygen atoms in total. The van der Waals surface area contributed by atoms with Gasteiger partial charge in [0.15, 0.2) is 0 Å². The van der Waals surface area contributed by atoms with Crippen LogP contribution in [0.15, 0.2) is 17.4 Å². The lowest BCUT2D eigenvalue weighted by Crippen LogP contribution is -2.47. The Hall–Kier alpha value is -0.670. The minimum Gasteiger partial charge on any atom is -0.202 e. The first-order valence-corrected chi connectivity index (χ1v) is 2.50. The van der Waals surface area contributed by atoms with Crippen LogP contribution >= 0.6 is 0 Å². The van der Waals surface area contributed by atoms with Crippen LogP contribution in [0, 0.1) is 0 Å². The van der Waals surface area contributed by atoms with Gasteiger partial charge in [0.25, 0.3) is 0 Å². The highest BCUT2D eigenvalue weighted by atomic mass is 15.6. The first-order chi connectivity index (χ1) is 3.63. The summed E-state index contributed by atoms with van der Waals surface area (Å²) in [6.45, 7) is 1.90. The predicted molar refractivity (Wildman–Crippen MR) is 32.6 cm³/mol. The van der Waals surface area contributed by atoms with Crippen LogP contribution in [-0.2, 0) is 0 Å². The van der Waals surface area contributed by atoms with E-state index in [0.717, 1.165) is 5.84 Å². The van der Waals surface area contributed by atoms with Gasteiger partial charge in [-0.15, -0.1) is 0 Å². The Balaban J connectivity index is 2.87. The highest BCUT2D eigenvalue weighted by molar-refractivity contribution is 5.74. The normalized spacial score (nSPS) is 35.6. The second kappa shape index (κ2) is 1.40. The molecule has 2 N–H and O–H groups in total. The summed E-state index contributed by atoms with van der Waals surface area (Å²) in [5.41, 5.74) is 0. The fraction of sp³-hybridized carbons (Fsp3) is 0.400. The van der Waals surface area contributed by atoms with Crippen molar-refractivity contribution in [2.24, 2.45) is 10.8 Å². The van der Waals surface area contributed by atoms with E-state index in [1.165, 1.54) is 0 Å². The number of hydrogen-bond acceptors (Lipinski definition) is 2. The summed E-state index contributed by atoms with van der Waals surface area (Å²) < 4.78 is 0.306. The third-order valence-electron chi connectivity index (χ3n) is 1.33. The van der Waals surface area contributed by atoms with Crippen LogP contribution in [0.25, 0.3) is 0 Å². The number of amidine groups is 1. The summed E-state index contributed by atoms with van der Waals surface area (Å²) in [5.74, 6) is 6.56. The Kier molecular flexibility index (Phi) is 0.957. The first-order valence-electron chi connectivity index (χ1n) is 2.50. The standard InChI is InChI=1S/C5H10N3/c1-5-7-3-4-8(5,2)6/h3-4H,6H2,1-2H3/q+1. The van der Waals surface area contributed by atoms with Gasteiger partial charge in [-0.2, -0.15) is 10.4 Å². The maximum atomic E-state index is 5.64. The van der Waals surface area contributed by atoms with Gasteiger partial charge in [-0.3, -0.25) is 0 Å². The summed E-state index contributed by atoms with van der Waals surface area (Å²) in [6, 6.07) is 0. The Bertz CT molecular complexity index is 155. The van der Waals surface area contributed by atoms with E-state index in [1.807, 2.05) is 20.2 Å². The molecule has 0 bridgehead atoms. The SMILES string of the molecule is CC1=NC=C[N+]1(C)N. The van der Waals surface area contributed by atoms with Gasteiger partial charge in [-0.1, -0.05) is 0 Å². The smallest absolute Gasteiger partial charge is 0.202 e. The average Bonchev–Trinajstić information content (AvgIpc) is 1.86.